The van der Waals surface area contributed by atoms with Gasteiger partial charge in [0.25, 0.3) is 0 Å². The van der Waals surface area contributed by atoms with Gasteiger partial charge in [0, 0.05) is 11.8 Å². The lowest BCUT2D eigenvalue weighted by molar-refractivity contribution is 0.570. The maximum atomic E-state index is 3.58. The molecule has 0 aliphatic carbocycles. The average molecular weight is 251 g/mol. The largest absolute Gasteiger partial charge is 0.313 e. The van der Waals surface area contributed by atoms with Crippen LogP contribution < -0.4 is 5.32 Å². The van der Waals surface area contributed by atoms with E-state index in [0.717, 1.165) is 13.0 Å². The Morgan fingerprint density at radius 3 is 2.24 bits per heavy atom. The highest BCUT2D eigenvalue weighted by Gasteiger charge is 2.11. The molecule has 1 N–H and O–H groups in total. The van der Waals surface area contributed by atoms with Crippen LogP contribution in [0, 0.1) is 20.8 Å². The fourth-order valence-corrected chi connectivity index (χ4v) is 3.10. The van der Waals surface area contributed by atoms with E-state index in [0.29, 0.717) is 6.04 Å². The van der Waals surface area contributed by atoms with Crippen LogP contribution in [0.5, 0.6) is 0 Å². The van der Waals surface area contributed by atoms with Crippen LogP contribution in [0.2, 0.25) is 0 Å². The summed E-state index contributed by atoms with van der Waals surface area (Å²) in [5, 5.41) is 3.58. The maximum Gasteiger partial charge on any atom is 0.0198 e. The normalized spacial score (nSPS) is 12.8. The third-order valence-electron chi connectivity index (χ3n) is 3.15. The summed E-state index contributed by atoms with van der Waals surface area (Å²) in [6.07, 6.45) is 3.33. The van der Waals surface area contributed by atoms with Gasteiger partial charge in [0.15, 0.2) is 0 Å². The summed E-state index contributed by atoms with van der Waals surface area (Å²) in [5.41, 5.74) is 5.77. The van der Waals surface area contributed by atoms with Crippen molar-refractivity contribution in [3.8, 4) is 0 Å². The predicted octanol–water partition coefficient (Wildman–Crippen LogP) is 3.50. The van der Waals surface area contributed by atoms with Crippen LogP contribution in [-0.4, -0.2) is 24.6 Å². The van der Waals surface area contributed by atoms with Crippen LogP contribution >= 0.6 is 11.8 Å². The Bertz CT molecular complexity index is 331. The maximum absolute atomic E-state index is 3.58. The molecule has 0 fully saturated rings. The van der Waals surface area contributed by atoms with Gasteiger partial charge >= 0.3 is 0 Å². The molecule has 0 heterocycles. The smallest absolute Gasteiger partial charge is 0.0198 e. The lowest BCUT2D eigenvalue weighted by Crippen LogP contribution is -2.33. The number of rotatable bonds is 6. The van der Waals surface area contributed by atoms with Crippen LogP contribution in [0.3, 0.4) is 0 Å². The number of benzene rings is 1. The number of likely N-dealkylation sites (N-methyl/N-ethyl adjacent to an activating group) is 1. The topological polar surface area (TPSA) is 12.0 Å². The Kier molecular flexibility index (Phi) is 6.07. The summed E-state index contributed by atoms with van der Waals surface area (Å²) in [4.78, 5) is 0. The Morgan fingerprint density at radius 2 is 1.76 bits per heavy atom. The molecular weight excluding hydrogens is 226 g/mol. The third-order valence-corrected chi connectivity index (χ3v) is 3.89. The van der Waals surface area contributed by atoms with Gasteiger partial charge in [0.05, 0.1) is 0 Å². The molecule has 0 saturated heterocycles. The first-order valence-electron chi connectivity index (χ1n) is 6.37. The van der Waals surface area contributed by atoms with E-state index in [-0.39, 0.29) is 0 Å². The highest BCUT2D eigenvalue weighted by molar-refractivity contribution is 7.98. The van der Waals surface area contributed by atoms with Crippen molar-refractivity contribution in [3.63, 3.8) is 0 Å². The molecule has 0 aliphatic rings. The molecule has 1 atom stereocenters. The number of aryl methyl sites for hydroxylation is 3. The lowest BCUT2D eigenvalue weighted by atomic mass is 9.95. The van der Waals surface area contributed by atoms with Crippen molar-refractivity contribution < 1.29 is 0 Å². The van der Waals surface area contributed by atoms with Gasteiger partial charge in [0.1, 0.15) is 0 Å². The van der Waals surface area contributed by atoms with E-state index in [1.54, 1.807) is 0 Å². The third kappa shape index (κ3) is 4.36. The molecule has 0 spiro atoms. The molecule has 0 radical (unpaired) electrons. The highest BCUT2D eigenvalue weighted by Crippen LogP contribution is 2.19. The quantitative estimate of drug-likeness (QED) is 0.830. The van der Waals surface area contributed by atoms with Crippen LogP contribution in [0.25, 0.3) is 0 Å². The molecule has 17 heavy (non-hydrogen) atoms. The molecule has 1 nitrogen and oxygen atoms in total. The second-order valence-electron chi connectivity index (χ2n) is 4.79. The summed E-state index contributed by atoms with van der Waals surface area (Å²) in [5.74, 6) is 1.18. The van der Waals surface area contributed by atoms with Crippen molar-refractivity contribution in [2.24, 2.45) is 0 Å². The zero-order valence-electron chi connectivity index (χ0n) is 11.8. The molecule has 0 aromatic heterocycles. The molecule has 0 aliphatic heterocycles. The SMILES string of the molecule is CCNC(CSC)Cc1c(C)cc(C)cc1C. The van der Waals surface area contributed by atoms with Crippen molar-refractivity contribution in [2.45, 2.75) is 40.2 Å². The minimum Gasteiger partial charge on any atom is -0.313 e. The van der Waals surface area contributed by atoms with E-state index in [4.69, 9.17) is 0 Å². The van der Waals surface area contributed by atoms with Gasteiger partial charge in [-0.15, -0.1) is 0 Å². The van der Waals surface area contributed by atoms with Crippen molar-refractivity contribution in [1.82, 2.24) is 5.32 Å². The molecule has 0 amide bonds. The zero-order valence-corrected chi connectivity index (χ0v) is 12.6. The van der Waals surface area contributed by atoms with Crippen LogP contribution in [0.4, 0.5) is 0 Å². The van der Waals surface area contributed by atoms with Crippen molar-refractivity contribution in [2.75, 3.05) is 18.6 Å². The van der Waals surface area contributed by atoms with Gasteiger partial charge in [-0.05, 0) is 56.7 Å². The van der Waals surface area contributed by atoms with E-state index in [1.807, 2.05) is 11.8 Å². The second-order valence-corrected chi connectivity index (χ2v) is 5.70. The summed E-state index contributed by atoms with van der Waals surface area (Å²) in [6, 6.07) is 5.18. The number of hydrogen-bond donors (Lipinski definition) is 1. The summed E-state index contributed by atoms with van der Waals surface area (Å²) < 4.78 is 0. The molecular formula is C15H25NS. The van der Waals surface area contributed by atoms with E-state index in [2.05, 4.69) is 51.4 Å². The van der Waals surface area contributed by atoms with Gasteiger partial charge < -0.3 is 5.32 Å². The molecule has 0 bridgehead atoms. The van der Waals surface area contributed by atoms with E-state index < -0.39 is 0 Å². The van der Waals surface area contributed by atoms with Gasteiger partial charge in [0.2, 0.25) is 0 Å². The first-order valence-corrected chi connectivity index (χ1v) is 7.76. The minimum absolute atomic E-state index is 0.593. The Balaban J connectivity index is 2.84. The Hall–Kier alpha value is -0.470. The summed E-state index contributed by atoms with van der Waals surface area (Å²) in [6.45, 7) is 9.87. The molecule has 1 unspecified atom stereocenters. The van der Waals surface area contributed by atoms with Gasteiger partial charge in [-0.2, -0.15) is 11.8 Å². The molecule has 1 aromatic rings. The van der Waals surface area contributed by atoms with E-state index >= 15 is 0 Å². The molecule has 96 valence electrons. The molecule has 1 aromatic carbocycles. The summed E-state index contributed by atoms with van der Waals surface area (Å²) >= 11 is 1.92. The first-order chi connectivity index (χ1) is 8.08. The van der Waals surface area contributed by atoms with Crippen molar-refractivity contribution >= 4 is 11.8 Å². The van der Waals surface area contributed by atoms with E-state index in [1.165, 1.54) is 28.0 Å². The van der Waals surface area contributed by atoms with Gasteiger partial charge in [-0.25, -0.2) is 0 Å². The van der Waals surface area contributed by atoms with Crippen LogP contribution in [-0.2, 0) is 6.42 Å². The minimum atomic E-state index is 0.593. The van der Waals surface area contributed by atoms with E-state index in [9.17, 15) is 0 Å². The lowest BCUT2D eigenvalue weighted by Gasteiger charge is -2.20. The number of nitrogens with one attached hydrogen (secondary N) is 1. The fraction of sp³-hybridized carbons (Fsp3) is 0.600. The first kappa shape index (κ1) is 14.6. The predicted molar refractivity (Wildman–Crippen MR) is 80.2 cm³/mol. The Morgan fingerprint density at radius 1 is 1.18 bits per heavy atom. The highest BCUT2D eigenvalue weighted by atomic mass is 32.2. The van der Waals surface area contributed by atoms with Gasteiger partial charge in [-0.3, -0.25) is 0 Å². The van der Waals surface area contributed by atoms with Gasteiger partial charge in [-0.1, -0.05) is 24.6 Å². The fourth-order valence-electron chi connectivity index (χ4n) is 2.46. The van der Waals surface area contributed by atoms with Crippen molar-refractivity contribution in [3.05, 3.63) is 34.4 Å². The van der Waals surface area contributed by atoms with Crippen molar-refractivity contribution in [1.29, 1.82) is 0 Å². The average Bonchev–Trinajstić information content (AvgIpc) is 2.23. The monoisotopic (exact) mass is 251 g/mol. The number of thioether (sulfide) groups is 1. The molecule has 1 rings (SSSR count). The molecule has 2 heteroatoms. The summed E-state index contributed by atoms with van der Waals surface area (Å²) in [7, 11) is 0. The zero-order chi connectivity index (χ0) is 12.8. The van der Waals surface area contributed by atoms with Crippen LogP contribution in [0.1, 0.15) is 29.2 Å². The Labute approximate surface area is 110 Å². The number of hydrogen-bond acceptors (Lipinski definition) is 2. The van der Waals surface area contributed by atoms with Crippen LogP contribution in [0.15, 0.2) is 12.1 Å². The molecule has 0 saturated carbocycles. The standard InChI is InChI=1S/C15H25NS/c1-6-16-14(10-17-5)9-15-12(3)7-11(2)8-13(15)4/h7-8,14,16H,6,9-10H2,1-5H3. The second kappa shape index (κ2) is 7.07.